The highest BCUT2D eigenvalue weighted by Gasteiger charge is 2.49. The average molecular weight is 573 g/mol. The summed E-state index contributed by atoms with van der Waals surface area (Å²) in [4.78, 5) is 13.6. The van der Waals surface area contributed by atoms with Crippen molar-refractivity contribution in [3.63, 3.8) is 0 Å². The van der Waals surface area contributed by atoms with E-state index in [1.54, 1.807) is 30.3 Å². The molecule has 9 heteroatoms. The Labute approximate surface area is 242 Å². The molecule has 0 radical (unpaired) electrons. The lowest BCUT2D eigenvalue weighted by atomic mass is 9.93. The van der Waals surface area contributed by atoms with E-state index in [4.69, 9.17) is 20.9 Å². The maximum absolute atomic E-state index is 16.6. The van der Waals surface area contributed by atoms with Gasteiger partial charge in [-0.05, 0) is 48.9 Å². The smallest absolute Gasteiger partial charge is 0.319 e. The van der Waals surface area contributed by atoms with E-state index >= 15 is 4.39 Å². The van der Waals surface area contributed by atoms with Crippen molar-refractivity contribution in [1.82, 2.24) is 14.9 Å². The third-order valence-corrected chi connectivity index (χ3v) is 8.95. The molecule has 0 spiro atoms. The average Bonchev–Trinajstić information content (AvgIpc) is 3.37. The van der Waals surface area contributed by atoms with Crippen molar-refractivity contribution in [2.24, 2.45) is 0 Å². The molecule has 0 amide bonds. The predicted octanol–water partition coefficient (Wildman–Crippen LogP) is 5.89. The number of hydrogen-bond donors (Lipinski definition) is 0. The first-order chi connectivity index (χ1) is 20.5. The van der Waals surface area contributed by atoms with E-state index in [1.165, 1.54) is 6.07 Å². The fourth-order valence-electron chi connectivity index (χ4n) is 6.96. The summed E-state index contributed by atoms with van der Waals surface area (Å²) in [6.07, 6.45) is 7.83. The molecule has 0 unspecified atom stereocenters. The maximum Gasteiger partial charge on any atom is 0.319 e. The van der Waals surface area contributed by atoms with Gasteiger partial charge in [-0.3, -0.25) is 4.90 Å². The number of ether oxygens (including phenoxy) is 2. The van der Waals surface area contributed by atoms with Gasteiger partial charge in [-0.1, -0.05) is 36.3 Å². The van der Waals surface area contributed by atoms with Crippen LogP contribution in [0.1, 0.15) is 31.2 Å². The number of halogens is 3. The summed E-state index contributed by atoms with van der Waals surface area (Å²) in [5.74, 6) is 1.90. The highest BCUT2D eigenvalue weighted by Crippen LogP contribution is 2.41. The molecule has 4 heterocycles. The van der Waals surface area contributed by atoms with E-state index in [0.717, 1.165) is 25.8 Å². The largest absolute Gasteiger partial charge is 0.461 e. The van der Waals surface area contributed by atoms with Crippen LogP contribution in [0.4, 0.5) is 19.0 Å². The normalized spacial score (nSPS) is 22.8. The van der Waals surface area contributed by atoms with E-state index in [2.05, 4.69) is 20.7 Å². The van der Waals surface area contributed by atoms with Crippen molar-refractivity contribution in [2.45, 2.75) is 37.4 Å². The van der Waals surface area contributed by atoms with Crippen LogP contribution in [-0.2, 0) is 4.74 Å². The molecule has 4 aromatic rings. The number of fused-ring (bicyclic) bond motifs is 3. The first kappa shape index (κ1) is 27.0. The Balaban J connectivity index is 1.36. The van der Waals surface area contributed by atoms with Gasteiger partial charge in [0.05, 0.1) is 17.7 Å². The van der Waals surface area contributed by atoms with E-state index in [-0.39, 0.29) is 29.3 Å². The highest BCUT2D eigenvalue weighted by atomic mass is 19.1. The SMILES string of the molecule is C#Cc1c(F)ccc2cccc(-c3ccc4c(N5CCCOCC5)nc(OC[C@@]56CCCN5C[C@H](F)C6)nc4c3F)c12. The third-order valence-electron chi connectivity index (χ3n) is 8.95. The van der Waals surface area contributed by atoms with Crippen molar-refractivity contribution in [2.75, 3.05) is 50.9 Å². The first-order valence-corrected chi connectivity index (χ1v) is 14.5. The van der Waals surface area contributed by atoms with Crippen LogP contribution in [0.3, 0.4) is 0 Å². The number of hydrogen-bond acceptors (Lipinski definition) is 6. The molecular weight excluding hydrogens is 541 g/mol. The second-order valence-electron chi connectivity index (χ2n) is 11.4. The van der Waals surface area contributed by atoms with Crippen LogP contribution < -0.4 is 9.64 Å². The minimum absolute atomic E-state index is 0.0514. The zero-order chi connectivity index (χ0) is 28.8. The highest BCUT2D eigenvalue weighted by molar-refractivity contribution is 6.03. The van der Waals surface area contributed by atoms with Crippen molar-refractivity contribution in [3.8, 4) is 29.5 Å². The number of terminal acetylenes is 1. The zero-order valence-corrected chi connectivity index (χ0v) is 23.2. The summed E-state index contributed by atoms with van der Waals surface area (Å²) >= 11 is 0. The Morgan fingerprint density at radius 3 is 2.81 bits per heavy atom. The van der Waals surface area contributed by atoms with Gasteiger partial charge in [0.2, 0.25) is 0 Å². The molecule has 7 rings (SSSR count). The van der Waals surface area contributed by atoms with Gasteiger partial charge < -0.3 is 14.4 Å². The molecule has 6 nitrogen and oxygen atoms in total. The van der Waals surface area contributed by atoms with Crippen LogP contribution in [0.2, 0.25) is 0 Å². The van der Waals surface area contributed by atoms with Crippen LogP contribution in [-0.4, -0.2) is 72.6 Å². The lowest BCUT2D eigenvalue weighted by Crippen LogP contribution is -2.43. The van der Waals surface area contributed by atoms with E-state index in [1.807, 2.05) is 6.07 Å². The number of aromatic nitrogens is 2. The Bertz CT molecular complexity index is 1720. The van der Waals surface area contributed by atoms with Gasteiger partial charge in [-0.25, -0.2) is 13.2 Å². The van der Waals surface area contributed by atoms with Gasteiger partial charge >= 0.3 is 6.01 Å². The maximum atomic E-state index is 16.6. The molecule has 0 saturated carbocycles. The summed E-state index contributed by atoms with van der Waals surface area (Å²) in [5, 5.41) is 1.72. The van der Waals surface area contributed by atoms with Crippen LogP contribution in [0.15, 0.2) is 42.5 Å². The van der Waals surface area contributed by atoms with Gasteiger partial charge in [0, 0.05) is 49.0 Å². The zero-order valence-electron chi connectivity index (χ0n) is 23.2. The monoisotopic (exact) mass is 572 g/mol. The van der Waals surface area contributed by atoms with Gasteiger partial charge in [0.1, 0.15) is 29.9 Å². The summed E-state index contributed by atoms with van der Waals surface area (Å²) < 4.78 is 57.6. The number of alkyl halides is 1. The van der Waals surface area contributed by atoms with Crippen molar-refractivity contribution in [1.29, 1.82) is 0 Å². The van der Waals surface area contributed by atoms with Gasteiger partial charge in [0.15, 0.2) is 5.82 Å². The molecule has 0 N–H and O–H groups in total. The van der Waals surface area contributed by atoms with E-state index < -0.39 is 23.3 Å². The van der Waals surface area contributed by atoms with Crippen LogP contribution in [0.5, 0.6) is 6.01 Å². The first-order valence-electron chi connectivity index (χ1n) is 14.5. The lowest BCUT2D eigenvalue weighted by molar-refractivity contribution is 0.107. The fourth-order valence-corrected chi connectivity index (χ4v) is 6.96. The van der Waals surface area contributed by atoms with Crippen molar-refractivity contribution in [3.05, 3.63) is 59.7 Å². The second-order valence-corrected chi connectivity index (χ2v) is 11.4. The molecule has 1 aromatic heterocycles. The Morgan fingerprint density at radius 2 is 1.93 bits per heavy atom. The van der Waals surface area contributed by atoms with Crippen molar-refractivity contribution >= 4 is 27.5 Å². The summed E-state index contributed by atoms with van der Waals surface area (Å²) in [6, 6.07) is 11.8. The minimum Gasteiger partial charge on any atom is -0.461 e. The number of nitrogens with zero attached hydrogens (tertiary/aromatic N) is 4. The molecular formula is C33H31F3N4O2. The quantitative estimate of drug-likeness (QED) is 0.278. The second kappa shape index (κ2) is 10.8. The summed E-state index contributed by atoms with van der Waals surface area (Å²) in [5.41, 5.74) is 0.520. The molecule has 42 heavy (non-hydrogen) atoms. The number of benzene rings is 3. The molecule has 3 fully saturated rings. The van der Waals surface area contributed by atoms with Crippen LogP contribution in [0.25, 0.3) is 32.8 Å². The van der Waals surface area contributed by atoms with E-state index in [0.29, 0.717) is 66.8 Å². The molecule has 0 aliphatic carbocycles. The topological polar surface area (TPSA) is 50.7 Å². The van der Waals surface area contributed by atoms with Crippen LogP contribution in [0, 0.1) is 24.0 Å². The molecule has 216 valence electrons. The minimum atomic E-state index is -0.891. The summed E-state index contributed by atoms with van der Waals surface area (Å²) in [6.45, 7) is 3.91. The van der Waals surface area contributed by atoms with Crippen molar-refractivity contribution < 1.29 is 22.6 Å². The van der Waals surface area contributed by atoms with Gasteiger partial charge in [-0.2, -0.15) is 9.97 Å². The molecule has 2 atom stereocenters. The standard InChI is InChI=1S/C33H31F3N4O2/c1-2-23-27(35)11-8-21-6-3-7-24(28(21)23)25-9-10-26-30(29(25)36)37-32(38-31(26)39-13-5-16-41-17-15-39)42-20-33-12-4-14-40(33)19-22(34)18-33/h1,3,6-11,22H,4-5,12-20H2/t22-,33+/m1/s1. The number of rotatable bonds is 5. The molecule has 3 aliphatic rings. The van der Waals surface area contributed by atoms with Crippen LogP contribution >= 0.6 is 0 Å². The Morgan fingerprint density at radius 1 is 1.02 bits per heavy atom. The number of anilines is 1. The predicted molar refractivity (Wildman–Crippen MR) is 157 cm³/mol. The molecule has 3 aromatic carbocycles. The third kappa shape index (κ3) is 4.54. The molecule has 3 saturated heterocycles. The lowest BCUT2D eigenvalue weighted by Gasteiger charge is -2.31. The molecule has 3 aliphatic heterocycles. The Kier molecular flexibility index (Phi) is 6.91. The van der Waals surface area contributed by atoms with Gasteiger partial charge in [0.25, 0.3) is 0 Å². The Hall–Kier alpha value is -3.87. The fraction of sp³-hybridized carbons (Fsp3) is 0.394. The van der Waals surface area contributed by atoms with E-state index in [9.17, 15) is 8.78 Å². The summed E-state index contributed by atoms with van der Waals surface area (Å²) in [7, 11) is 0. The van der Waals surface area contributed by atoms with Gasteiger partial charge in [-0.15, -0.1) is 6.42 Å². The molecule has 0 bridgehead atoms.